The third-order valence-electron chi connectivity index (χ3n) is 2.47. The van der Waals surface area contributed by atoms with Crippen molar-refractivity contribution in [1.29, 1.82) is 0 Å². The minimum atomic E-state index is -0.432. The summed E-state index contributed by atoms with van der Waals surface area (Å²) in [5.41, 5.74) is 5.34. The van der Waals surface area contributed by atoms with Gasteiger partial charge in [0.05, 0.1) is 0 Å². The molecule has 0 aromatic carbocycles. The van der Waals surface area contributed by atoms with Gasteiger partial charge in [-0.05, 0) is 18.4 Å². The van der Waals surface area contributed by atoms with Crippen molar-refractivity contribution in [1.82, 2.24) is 9.97 Å². The molecule has 6 nitrogen and oxygen atoms in total. The zero-order valence-corrected chi connectivity index (χ0v) is 11.1. The SMILES string of the molecule is CCCNc1nccc(NC(C(N)=O)C(C)C)n1. The predicted molar refractivity (Wildman–Crippen MR) is 72.3 cm³/mol. The molecular formula is C12H21N5O. The zero-order valence-electron chi connectivity index (χ0n) is 11.1. The Morgan fingerprint density at radius 2 is 2.22 bits per heavy atom. The van der Waals surface area contributed by atoms with Gasteiger partial charge in [-0.25, -0.2) is 4.98 Å². The first-order valence-corrected chi connectivity index (χ1v) is 6.17. The number of nitrogens with two attached hydrogens (primary N) is 1. The van der Waals surface area contributed by atoms with Crippen LogP contribution < -0.4 is 16.4 Å². The molecule has 0 spiro atoms. The Balaban J connectivity index is 2.74. The highest BCUT2D eigenvalue weighted by atomic mass is 16.1. The predicted octanol–water partition coefficient (Wildman–Crippen LogP) is 1.22. The lowest BCUT2D eigenvalue weighted by Crippen LogP contribution is -2.39. The Hall–Kier alpha value is -1.85. The van der Waals surface area contributed by atoms with Crippen molar-refractivity contribution in [2.45, 2.75) is 33.2 Å². The third kappa shape index (κ3) is 4.20. The van der Waals surface area contributed by atoms with Gasteiger partial charge in [0.15, 0.2) is 0 Å². The maximum Gasteiger partial charge on any atom is 0.240 e. The molecule has 0 fully saturated rings. The molecule has 0 bridgehead atoms. The molecule has 1 unspecified atom stereocenters. The molecule has 1 rings (SSSR count). The maximum absolute atomic E-state index is 11.3. The smallest absolute Gasteiger partial charge is 0.240 e. The molecule has 6 heteroatoms. The number of hydrogen-bond donors (Lipinski definition) is 3. The number of amides is 1. The maximum atomic E-state index is 11.3. The molecule has 0 aliphatic rings. The number of nitrogens with zero attached hydrogens (tertiary/aromatic N) is 2. The second-order valence-corrected chi connectivity index (χ2v) is 4.46. The van der Waals surface area contributed by atoms with Crippen molar-refractivity contribution >= 4 is 17.7 Å². The normalized spacial score (nSPS) is 12.2. The third-order valence-corrected chi connectivity index (χ3v) is 2.47. The van der Waals surface area contributed by atoms with Crippen LogP contribution in [0.3, 0.4) is 0 Å². The van der Waals surface area contributed by atoms with Gasteiger partial charge >= 0.3 is 0 Å². The lowest BCUT2D eigenvalue weighted by atomic mass is 10.0. The molecule has 1 atom stereocenters. The van der Waals surface area contributed by atoms with Gasteiger partial charge in [0.1, 0.15) is 11.9 Å². The van der Waals surface area contributed by atoms with Crippen molar-refractivity contribution in [3.05, 3.63) is 12.3 Å². The zero-order chi connectivity index (χ0) is 13.5. The number of nitrogens with one attached hydrogen (secondary N) is 2. The minimum absolute atomic E-state index is 0.101. The first kappa shape index (κ1) is 14.2. The molecule has 1 amide bonds. The molecule has 4 N–H and O–H groups in total. The van der Waals surface area contributed by atoms with Crippen molar-refractivity contribution < 1.29 is 4.79 Å². The largest absolute Gasteiger partial charge is 0.368 e. The molecule has 1 aromatic rings. The van der Waals surface area contributed by atoms with Crippen LogP contribution in [0.2, 0.25) is 0 Å². The Morgan fingerprint density at radius 3 is 2.78 bits per heavy atom. The highest BCUT2D eigenvalue weighted by Crippen LogP contribution is 2.11. The van der Waals surface area contributed by atoms with Crippen LogP contribution in [-0.2, 0) is 4.79 Å². The number of aromatic nitrogens is 2. The van der Waals surface area contributed by atoms with Gasteiger partial charge in [-0.2, -0.15) is 4.98 Å². The number of hydrogen-bond acceptors (Lipinski definition) is 5. The molecule has 0 radical (unpaired) electrons. The summed E-state index contributed by atoms with van der Waals surface area (Å²) in [6.45, 7) is 6.74. The first-order chi connectivity index (χ1) is 8.54. The van der Waals surface area contributed by atoms with E-state index in [0.29, 0.717) is 11.8 Å². The molecule has 1 aromatic heterocycles. The summed E-state index contributed by atoms with van der Waals surface area (Å²) >= 11 is 0. The van der Waals surface area contributed by atoms with E-state index < -0.39 is 6.04 Å². The molecule has 100 valence electrons. The van der Waals surface area contributed by atoms with Crippen LogP contribution >= 0.6 is 0 Å². The van der Waals surface area contributed by atoms with Crippen LogP contribution in [0.15, 0.2) is 12.3 Å². The van der Waals surface area contributed by atoms with E-state index in [1.165, 1.54) is 0 Å². The van der Waals surface area contributed by atoms with Gasteiger partial charge in [0.25, 0.3) is 0 Å². The van der Waals surface area contributed by atoms with Crippen LogP contribution in [0.5, 0.6) is 0 Å². The molecule has 18 heavy (non-hydrogen) atoms. The van der Waals surface area contributed by atoms with Crippen molar-refractivity contribution in [2.24, 2.45) is 11.7 Å². The van der Waals surface area contributed by atoms with Gasteiger partial charge in [0.2, 0.25) is 11.9 Å². The highest BCUT2D eigenvalue weighted by molar-refractivity contribution is 5.82. The van der Waals surface area contributed by atoms with Crippen LogP contribution in [0.4, 0.5) is 11.8 Å². The Morgan fingerprint density at radius 1 is 1.50 bits per heavy atom. The Kier molecular flexibility index (Phi) is 5.35. The highest BCUT2D eigenvalue weighted by Gasteiger charge is 2.19. The molecule has 0 saturated heterocycles. The van der Waals surface area contributed by atoms with E-state index >= 15 is 0 Å². The number of anilines is 2. The van der Waals surface area contributed by atoms with Gasteiger partial charge in [-0.15, -0.1) is 0 Å². The minimum Gasteiger partial charge on any atom is -0.368 e. The van der Waals surface area contributed by atoms with E-state index in [1.807, 2.05) is 13.8 Å². The van der Waals surface area contributed by atoms with E-state index in [1.54, 1.807) is 12.3 Å². The fourth-order valence-corrected chi connectivity index (χ4v) is 1.49. The van der Waals surface area contributed by atoms with Crippen LogP contribution in [0.25, 0.3) is 0 Å². The van der Waals surface area contributed by atoms with Gasteiger partial charge in [-0.1, -0.05) is 20.8 Å². The summed E-state index contributed by atoms with van der Waals surface area (Å²) in [6, 6.07) is 1.29. The van der Waals surface area contributed by atoms with Crippen LogP contribution in [0.1, 0.15) is 27.2 Å². The fourth-order valence-electron chi connectivity index (χ4n) is 1.49. The van der Waals surface area contributed by atoms with Crippen molar-refractivity contribution in [2.75, 3.05) is 17.2 Å². The van der Waals surface area contributed by atoms with Crippen molar-refractivity contribution in [3.63, 3.8) is 0 Å². The van der Waals surface area contributed by atoms with E-state index in [0.717, 1.165) is 13.0 Å². The number of primary amides is 1. The summed E-state index contributed by atoms with van der Waals surface area (Å²) in [6.07, 6.45) is 2.64. The number of carbonyl (C=O) groups excluding carboxylic acids is 1. The lowest BCUT2D eigenvalue weighted by molar-refractivity contribution is -0.119. The first-order valence-electron chi connectivity index (χ1n) is 6.17. The van der Waals surface area contributed by atoms with E-state index in [-0.39, 0.29) is 11.8 Å². The number of carbonyl (C=O) groups is 1. The summed E-state index contributed by atoms with van der Waals surface area (Å²) < 4.78 is 0. The lowest BCUT2D eigenvalue weighted by Gasteiger charge is -2.19. The average molecular weight is 251 g/mol. The van der Waals surface area contributed by atoms with Crippen LogP contribution in [-0.4, -0.2) is 28.5 Å². The van der Waals surface area contributed by atoms with Crippen molar-refractivity contribution in [3.8, 4) is 0 Å². The van der Waals surface area contributed by atoms with E-state index in [2.05, 4.69) is 27.5 Å². The van der Waals surface area contributed by atoms with E-state index in [4.69, 9.17) is 5.73 Å². The van der Waals surface area contributed by atoms with Gasteiger partial charge < -0.3 is 16.4 Å². The number of rotatable bonds is 7. The second kappa shape index (κ2) is 6.78. The van der Waals surface area contributed by atoms with Gasteiger partial charge in [-0.3, -0.25) is 4.79 Å². The molecule has 1 heterocycles. The topological polar surface area (TPSA) is 92.9 Å². The van der Waals surface area contributed by atoms with Crippen LogP contribution in [0, 0.1) is 5.92 Å². The van der Waals surface area contributed by atoms with Gasteiger partial charge in [0, 0.05) is 12.7 Å². The monoisotopic (exact) mass is 251 g/mol. The summed E-state index contributed by atoms with van der Waals surface area (Å²) in [5.74, 6) is 0.867. The molecule has 0 saturated carbocycles. The van der Waals surface area contributed by atoms with E-state index in [9.17, 15) is 4.79 Å². The standard InChI is InChI=1S/C12H21N5O/c1-4-6-14-12-15-7-5-9(17-12)16-10(8(2)3)11(13)18/h5,7-8,10H,4,6H2,1-3H3,(H2,13,18)(H2,14,15,16,17). The molecule has 0 aliphatic heterocycles. The summed E-state index contributed by atoms with van der Waals surface area (Å²) in [5, 5.41) is 6.12. The second-order valence-electron chi connectivity index (χ2n) is 4.46. The summed E-state index contributed by atoms with van der Waals surface area (Å²) in [7, 11) is 0. The quantitative estimate of drug-likeness (QED) is 0.677. The fraction of sp³-hybridized carbons (Fsp3) is 0.583. The summed E-state index contributed by atoms with van der Waals surface area (Å²) in [4.78, 5) is 19.7. The Labute approximate surface area is 107 Å². The average Bonchev–Trinajstić information content (AvgIpc) is 2.33. The Bertz CT molecular complexity index is 394. The molecule has 0 aliphatic carbocycles. The molecular weight excluding hydrogens is 230 g/mol.